The first-order valence-corrected chi connectivity index (χ1v) is 5.69. The van der Waals surface area contributed by atoms with Crippen molar-refractivity contribution in [2.24, 2.45) is 0 Å². The Morgan fingerprint density at radius 1 is 1.50 bits per heavy atom. The maximum absolute atomic E-state index is 11.5. The molecule has 1 aromatic heterocycles. The number of carbonyl (C=O) groups excluding carboxylic acids is 1. The zero-order valence-corrected chi connectivity index (χ0v) is 10.4. The number of hydrogen-bond donors (Lipinski definition) is 1. The van der Waals surface area contributed by atoms with Crippen LogP contribution in [0.2, 0.25) is 5.02 Å². The van der Waals surface area contributed by atoms with Crippen LogP contribution in [0.1, 0.15) is 17.4 Å². The molecular weight excluding hydrogens is 256 g/mol. The summed E-state index contributed by atoms with van der Waals surface area (Å²) in [5.74, 6) is -0.499. The van der Waals surface area contributed by atoms with Crippen LogP contribution in [0.25, 0.3) is 11.5 Å². The quantitative estimate of drug-likeness (QED) is 0.864. The first kappa shape index (κ1) is 12.4. The van der Waals surface area contributed by atoms with Gasteiger partial charge in [-0.1, -0.05) is 23.7 Å². The van der Waals surface area contributed by atoms with Crippen LogP contribution in [0.15, 0.2) is 28.7 Å². The molecule has 18 heavy (non-hydrogen) atoms. The van der Waals surface area contributed by atoms with Gasteiger partial charge in [-0.2, -0.15) is 4.98 Å². The molecule has 0 aliphatic heterocycles. The molecule has 1 aromatic carbocycles. The van der Waals surface area contributed by atoms with Gasteiger partial charge in [-0.05, 0) is 19.1 Å². The van der Waals surface area contributed by atoms with E-state index in [-0.39, 0.29) is 24.1 Å². The molecule has 0 atom stereocenters. The maximum Gasteiger partial charge on any atom is 0.362 e. The number of halogens is 1. The van der Waals surface area contributed by atoms with Gasteiger partial charge in [0.1, 0.15) is 0 Å². The maximum atomic E-state index is 11.5. The van der Waals surface area contributed by atoms with E-state index in [2.05, 4.69) is 4.98 Å². The van der Waals surface area contributed by atoms with Crippen molar-refractivity contribution in [1.29, 1.82) is 0 Å². The lowest BCUT2D eigenvalue weighted by Crippen LogP contribution is -2.07. The van der Waals surface area contributed by atoms with E-state index in [1.54, 1.807) is 31.2 Å². The molecule has 0 unspecified atom stereocenters. The summed E-state index contributed by atoms with van der Waals surface area (Å²) in [6, 6.07) is 6.99. The predicted octanol–water partition coefficient (Wildman–Crippen LogP) is 2.75. The lowest BCUT2D eigenvalue weighted by atomic mass is 10.2. The van der Waals surface area contributed by atoms with Crippen molar-refractivity contribution in [1.82, 2.24) is 4.98 Å². The van der Waals surface area contributed by atoms with E-state index in [9.17, 15) is 4.79 Å². The topological polar surface area (TPSA) is 78.3 Å². The van der Waals surface area contributed by atoms with Crippen LogP contribution < -0.4 is 5.73 Å². The van der Waals surface area contributed by atoms with E-state index >= 15 is 0 Å². The van der Waals surface area contributed by atoms with Crippen LogP contribution in [0, 0.1) is 0 Å². The molecule has 0 saturated carbocycles. The number of anilines is 1. The number of aromatic nitrogens is 1. The van der Waals surface area contributed by atoms with E-state index in [1.165, 1.54) is 0 Å². The second-order valence-corrected chi connectivity index (χ2v) is 3.84. The number of oxazole rings is 1. The Morgan fingerprint density at radius 2 is 2.22 bits per heavy atom. The number of esters is 1. The zero-order valence-electron chi connectivity index (χ0n) is 9.64. The summed E-state index contributed by atoms with van der Waals surface area (Å²) in [6.45, 7) is 1.94. The summed E-state index contributed by atoms with van der Waals surface area (Å²) >= 11 is 6.00. The number of nitrogens with zero attached hydrogens (tertiary/aromatic N) is 1. The Balaban J connectivity index is 2.41. The minimum atomic E-state index is -0.614. The Hall–Kier alpha value is -2.01. The average Bonchev–Trinajstić information content (AvgIpc) is 2.72. The molecule has 0 aliphatic rings. The van der Waals surface area contributed by atoms with Crippen molar-refractivity contribution >= 4 is 23.5 Å². The highest BCUT2D eigenvalue weighted by atomic mass is 35.5. The molecule has 0 bridgehead atoms. The minimum absolute atomic E-state index is 0.0354. The summed E-state index contributed by atoms with van der Waals surface area (Å²) in [6.07, 6.45) is 0. The summed E-state index contributed by atoms with van der Waals surface area (Å²) < 4.78 is 10.0. The van der Waals surface area contributed by atoms with Gasteiger partial charge in [0.25, 0.3) is 0 Å². The molecule has 0 amide bonds. The second-order valence-electron chi connectivity index (χ2n) is 3.43. The molecule has 1 heterocycles. The number of nitrogen functional groups attached to an aromatic ring is 1. The van der Waals surface area contributed by atoms with Crippen molar-refractivity contribution in [3.8, 4) is 11.5 Å². The van der Waals surface area contributed by atoms with Crippen molar-refractivity contribution in [2.75, 3.05) is 12.3 Å². The largest absolute Gasteiger partial charge is 0.461 e. The number of hydrogen-bond acceptors (Lipinski definition) is 5. The summed E-state index contributed by atoms with van der Waals surface area (Å²) in [5, 5.41) is 0.467. The fourth-order valence-electron chi connectivity index (χ4n) is 1.43. The van der Waals surface area contributed by atoms with Crippen LogP contribution in [0.4, 0.5) is 5.88 Å². The van der Waals surface area contributed by atoms with Crippen molar-refractivity contribution in [3.63, 3.8) is 0 Å². The van der Waals surface area contributed by atoms with Gasteiger partial charge < -0.3 is 14.9 Å². The number of carbonyl (C=O) groups is 1. The molecule has 2 aromatic rings. The van der Waals surface area contributed by atoms with E-state index in [0.717, 1.165) is 0 Å². The number of rotatable bonds is 3. The fourth-order valence-corrected chi connectivity index (χ4v) is 1.64. The lowest BCUT2D eigenvalue weighted by Gasteiger charge is -1.97. The molecule has 5 nitrogen and oxygen atoms in total. The van der Waals surface area contributed by atoms with Crippen molar-refractivity contribution in [2.45, 2.75) is 6.92 Å². The molecule has 0 aliphatic carbocycles. The molecule has 0 radical (unpaired) electrons. The first-order chi connectivity index (χ1) is 8.63. The van der Waals surface area contributed by atoms with Gasteiger partial charge in [0, 0.05) is 0 Å². The van der Waals surface area contributed by atoms with E-state index in [1.807, 2.05) is 0 Å². The normalized spacial score (nSPS) is 10.3. The third kappa shape index (κ3) is 2.31. The minimum Gasteiger partial charge on any atom is -0.461 e. The smallest absolute Gasteiger partial charge is 0.362 e. The van der Waals surface area contributed by atoms with Gasteiger partial charge in [0.15, 0.2) is 0 Å². The summed E-state index contributed by atoms with van der Waals surface area (Å²) in [5.41, 5.74) is 6.12. The molecule has 0 fully saturated rings. The number of benzene rings is 1. The number of ether oxygens (including phenoxy) is 1. The van der Waals surface area contributed by atoms with Gasteiger partial charge in [0.2, 0.25) is 17.5 Å². The third-order valence-corrected chi connectivity index (χ3v) is 2.56. The second kappa shape index (κ2) is 5.10. The Morgan fingerprint density at radius 3 is 2.89 bits per heavy atom. The van der Waals surface area contributed by atoms with Gasteiger partial charge in [-0.15, -0.1) is 0 Å². The van der Waals surface area contributed by atoms with Crippen LogP contribution >= 0.6 is 11.6 Å². The average molecular weight is 267 g/mol. The third-order valence-electron chi connectivity index (χ3n) is 2.23. The molecule has 0 saturated heterocycles. The highest BCUT2D eigenvalue weighted by molar-refractivity contribution is 6.33. The molecule has 0 spiro atoms. The van der Waals surface area contributed by atoms with Gasteiger partial charge >= 0.3 is 5.97 Å². The van der Waals surface area contributed by atoms with E-state index in [0.29, 0.717) is 10.6 Å². The van der Waals surface area contributed by atoms with Crippen LogP contribution in [-0.2, 0) is 4.74 Å². The number of nitrogens with two attached hydrogens (primary N) is 1. The van der Waals surface area contributed by atoms with Crippen molar-refractivity contribution < 1.29 is 13.9 Å². The molecule has 2 rings (SSSR count). The van der Waals surface area contributed by atoms with Crippen LogP contribution in [0.5, 0.6) is 0 Å². The highest BCUT2D eigenvalue weighted by Crippen LogP contribution is 2.29. The van der Waals surface area contributed by atoms with Crippen LogP contribution in [0.3, 0.4) is 0 Å². The first-order valence-electron chi connectivity index (χ1n) is 5.31. The van der Waals surface area contributed by atoms with Gasteiger partial charge in [-0.3, -0.25) is 0 Å². The summed E-state index contributed by atoms with van der Waals surface area (Å²) in [7, 11) is 0. The van der Waals surface area contributed by atoms with E-state index in [4.69, 9.17) is 26.5 Å². The summed E-state index contributed by atoms with van der Waals surface area (Å²) in [4.78, 5) is 15.5. The van der Waals surface area contributed by atoms with E-state index < -0.39 is 5.97 Å². The Bertz CT molecular complexity index is 580. The molecular formula is C12H11ClN2O3. The SMILES string of the molecule is CCOC(=O)c1nc(-c2ccccc2Cl)oc1N. The fraction of sp³-hybridized carbons (Fsp3) is 0.167. The zero-order chi connectivity index (χ0) is 13.1. The Kier molecular flexibility index (Phi) is 3.53. The standard InChI is InChI=1S/C12H11ClN2O3/c1-2-17-12(16)9-10(14)18-11(15-9)7-5-3-4-6-8(7)13/h3-6H,2,14H2,1H3. The molecule has 6 heteroatoms. The highest BCUT2D eigenvalue weighted by Gasteiger charge is 2.20. The molecule has 94 valence electrons. The van der Waals surface area contributed by atoms with Crippen LogP contribution in [-0.4, -0.2) is 17.6 Å². The van der Waals surface area contributed by atoms with Crippen molar-refractivity contribution in [3.05, 3.63) is 35.0 Å². The lowest BCUT2D eigenvalue weighted by molar-refractivity contribution is 0.0521. The monoisotopic (exact) mass is 266 g/mol. The van der Waals surface area contributed by atoms with Gasteiger partial charge in [0.05, 0.1) is 17.2 Å². The Labute approximate surface area is 109 Å². The molecule has 2 N–H and O–H groups in total. The van der Waals surface area contributed by atoms with Gasteiger partial charge in [-0.25, -0.2) is 4.79 Å². The predicted molar refractivity (Wildman–Crippen MR) is 67.3 cm³/mol.